The minimum Gasteiger partial charge on any atom is -0.300 e. The molecular formula is C24H19NO2. The van der Waals surface area contributed by atoms with Gasteiger partial charge in [0, 0.05) is 17.5 Å². The Bertz CT molecular complexity index is 993. The third-order valence-corrected chi connectivity index (χ3v) is 4.76. The fourth-order valence-electron chi connectivity index (χ4n) is 3.40. The molecule has 3 nitrogen and oxygen atoms in total. The fraction of sp³-hybridized carbons (Fsp3) is 0.0833. The summed E-state index contributed by atoms with van der Waals surface area (Å²) in [6.07, 6.45) is 4.19. The van der Waals surface area contributed by atoms with Crippen LogP contribution in [0.5, 0.6) is 0 Å². The summed E-state index contributed by atoms with van der Waals surface area (Å²) in [4.78, 5) is 27.8. The van der Waals surface area contributed by atoms with Gasteiger partial charge < -0.3 is 4.90 Å². The van der Waals surface area contributed by atoms with E-state index in [0.717, 1.165) is 11.3 Å². The molecule has 0 aliphatic carbocycles. The van der Waals surface area contributed by atoms with Crippen molar-refractivity contribution in [1.29, 1.82) is 0 Å². The summed E-state index contributed by atoms with van der Waals surface area (Å²) < 4.78 is 0. The molecule has 0 radical (unpaired) electrons. The van der Waals surface area contributed by atoms with Gasteiger partial charge in [-0.15, -0.1) is 0 Å². The van der Waals surface area contributed by atoms with Gasteiger partial charge in [0.1, 0.15) is 0 Å². The van der Waals surface area contributed by atoms with Gasteiger partial charge in [-0.3, -0.25) is 9.59 Å². The molecule has 1 atom stereocenters. The van der Waals surface area contributed by atoms with Crippen molar-refractivity contribution in [2.24, 2.45) is 0 Å². The Morgan fingerprint density at radius 1 is 0.741 bits per heavy atom. The van der Waals surface area contributed by atoms with E-state index < -0.39 is 0 Å². The predicted octanol–water partition coefficient (Wildman–Crippen LogP) is 5.00. The highest BCUT2D eigenvalue weighted by Gasteiger charge is 2.30. The highest BCUT2D eigenvalue weighted by atomic mass is 16.2. The molecule has 1 heterocycles. The summed E-state index contributed by atoms with van der Waals surface area (Å²) in [7, 11) is 0. The molecule has 0 bridgehead atoms. The SMILES string of the molecule is O=C(C[C@@H]1C=Cc2ccccc2N1C(=O)c1ccccc1)c1ccccc1. The lowest BCUT2D eigenvalue weighted by molar-refractivity contribution is 0.0955. The Hall–Kier alpha value is -3.46. The van der Waals surface area contributed by atoms with Crippen LogP contribution in [0.4, 0.5) is 5.69 Å². The number of fused-ring (bicyclic) bond motifs is 1. The quantitative estimate of drug-likeness (QED) is 0.619. The van der Waals surface area contributed by atoms with Crippen LogP contribution in [-0.2, 0) is 0 Å². The summed E-state index contributed by atoms with van der Waals surface area (Å²) in [5.41, 5.74) is 3.08. The van der Waals surface area contributed by atoms with Gasteiger partial charge in [-0.25, -0.2) is 0 Å². The zero-order chi connectivity index (χ0) is 18.6. The number of amides is 1. The molecule has 0 unspecified atom stereocenters. The van der Waals surface area contributed by atoms with Crippen LogP contribution in [0, 0.1) is 0 Å². The van der Waals surface area contributed by atoms with E-state index in [0.29, 0.717) is 11.1 Å². The molecule has 0 spiro atoms. The summed E-state index contributed by atoms with van der Waals surface area (Å²) in [6, 6.07) is 25.9. The van der Waals surface area contributed by atoms with Gasteiger partial charge >= 0.3 is 0 Å². The van der Waals surface area contributed by atoms with E-state index >= 15 is 0 Å². The Morgan fingerprint density at radius 2 is 1.33 bits per heavy atom. The van der Waals surface area contributed by atoms with Crippen molar-refractivity contribution in [1.82, 2.24) is 0 Å². The molecule has 1 aliphatic rings. The minimum atomic E-state index is -0.319. The molecule has 27 heavy (non-hydrogen) atoms. The van der Waals surface area contributed by atoms with Crippen molar-refractivity contribution in [2.45, 2.75) is 12.5 Å². The Balaban J connectivity index is 1.69. The number of hydrogen-bond donors (Lipinski definition) is 0. The van der Waals surface area contributed by atoms with Gasteiger partial charge in [-0.2, -0.15) is 0 Å². The lowest BCUT2D eigenvalue weighted by Crippen LogP contribution is -2.42. The van der Waals surface area contributed by atoms with E-state index in [1.807, 2.05) is 84.9 Å². The molecular weight excluding hydrogens is 334 g/mol. The van der Waals surface area contributed by atoms with Crippen molar-refractivity contribution < 1.29 is 9.59 Å². The first-order valence-corrected chi connectivity index (χ1v) is 8.98. The van der Waals surface area contributed by atoms with Gasteiger partial charge in [0.25, 0.3) is 5.91 Å². The van der Waals surface area contributed by atoms with Crippen molar-refractivity contribution in [3.8, 4) is 0 Å². The van der Waals surface area contributed by atoms with E-state index in [9.17, 15) is 9.59 Å². The molecule has 3 aromatic rings. The second-order valence-corrected chi connectivity index (χ2v) is 6.52. The van der Waals surface area contributed by atoms with Crippen molar-refractivity contribution in [3.05, 3.63) is 108 Å². The summed E-state index contributed by atoms with van der Waals surface area (Å²) in [5, 5.41) is 0. The maximum absolute atomic E-state index is 13.3. The largest absolute Gasteiger partial charge is 0.300 e. The molecule has 1 amide bonds. The van der Waals surface area contributed by atoms with Crippen LogP contribution in [0.15, 0.2) is 91.0 Å². The van der Waals surface area contributed by atoms with Crippen LogP contribution in [-0.4, -0.2) is 17.7 Å². The number of hydrogen-bond acceptors (Lipinski definition) is 2. The van der Waals surface area contributed by atoms with E-state index in [4.69, 9.17) is 0 Å². The number of ketones is 1. The molecule has 132 valence electrons. The van der Waals surface area contributed by atoms with Gasteiger partial charge in [-0.05, 0) is 23.8 Å². The fourth-order valence-corrected chi connectivity index (χ4v) is 3.40. The zero-order valence-corrected chi connectivity index (χ0v) is 14.8. The number of Topliss-reactive ketones (excluding diaryl/α,β-unsaturated/α-hetero) is 1. The first kappa shape index (κ1) is 17.0. The first-order valence-electron chi connectivity index (χ1n) is 8.98. The van der Waals surface area contributed by atoms with Crippen LogP contribution in [0.3, 0.4) is 0 Å². The third-order valence-electron chi connectivity index (χ3n) is 4.76. The maximum Gasteiger partial charge on any atom is 0.258 e. The second-order valence-electron chi connectivity index (χ2n) is 6.52. The van der Waals surface area contributed by atoms with Gasteiger partial charge in [0.15, 0.2) is 5.78 Å². The predicted molar refractivity (Wildman–Crippen MR) is 108 cm³/mol. The standard InChI is InChI=1S/C24H19NO2/c26-23(19-10-3-1-4-11-19)17-21-16-15-18-9-7-8-14-22(18)25(21)24(27)20-12-5-2-6-13-20/h1-16,21H,17H2/t21-/m0/s1. The highest BCUT2D eigenvalue weighted by Crippen LogP contribution is 2.32. The zero-order valence-electron chi connectivity index (χ0n) is 14.8. The molecule has 4 rings (SSSR count). The Labute approximate surface area is 158 Å². The summed E-state index contributed by atoms with van der Waals surface area (Å²) >= 11 is 0. The lowest BCUT2D eigenvalue weighted by Gasteiger charge is -2.34. The highest BCUT2D eigenvalue weighted by molar-refractivity contribution is 6.09. The Kier molecular flexibility index (Phi) is 4.67. The molecule has 3 aromatic carbocycles. The molecule has 3 heteroatoms. The number of para-hydroxylation sites is 1. The number of benzene rings is 3. The Morgan fingerprint density at radius 3 is 2.04 bits per heavy atom. The van der Waals surface area contributed by atoms with Crippen molar-refractivity contribution in [3.63, 3.8) is 0 Å². The normalized spacial score (nSPS) is 15.3. The van der Waals surface area contributed by atoms with Crippen LogP contribution < -0.4 is 4.90 Å². The summed E-state index contributed by atoms with van der Waals surface area (Å²) in [5.74, 6) is -0.0752. The van der Waals surface area contributed by atoms with Crippen LogP contribution in [0.25, 0.3) is 6.08 Å². The molecule has 0 saturated carbocycles. The van der Waals surface area contributed by atoms with Crippen LogP contribution >= 0.6 is 0 Å². The average molecular weight is 353 g/mol. The maximum atomic E-state index is 13.3. The minimum absolute atomic E-state index is 0.0236. The third kappa shape index (κ3) is 3.44. The van der Waals surface area contributed by atoms with Crippen LogP contribution in [0.2, 0.25) is 0 Å². The number of anilines is 1. The van der Waals surface area contributed by atoms with E-state index in [1.54, 1.807) is 17.0 Å². The number of carbonyl (C=O) groups is 2. The number of rotatable bonds is 4. The first-order chi connectivity index (χ1) is 13.2. The van der Waals surface area contributed by atoms with E-state index in [2.05, 4.69) is 0 Å². The van der Waals surface area contributed by atoms with E-state index in [1.165, 1.54) is 0 Å². The number of nitrogens with zero attached hydrogens (tertiary/aromatic N) is 1. The van der Waals surface area contributed by atoms with Crippen LogP contribution in [0.1, 0.15) is 32.7 Å². The van der Waals surface area contributed by atoms with Crippen molar-refractivity contribution >= 4 is 23.5 Å². The molecule has 0 saturated heterocycles. The van der Waals surface area contributed by atoms with Crippen molar-refractivity contribution in [2.75, 3.05) is 4.90 Å². The topological polar surface area (TPSA) is 37.4 Å². The molecule has 1 aliphatic heterocycles. The number of carbonyl (C=O) groups excluding carboxylic acids is 2. The van der Waals surface area contributed by atoms with E-state index in [-0.39, 0.29) is 24.2 Å². The smallest absolute Gasteiger partial charge is 0.258 e. The summed E-state index contributed by atoms with van der Waals surface area (Å²) in [6.45, 7) is 0. The average Bonchev–Trinajstić information content (AvgIpc) is 2.74. The van der Waals surface area contributed by atoms with Gasteiger partial charge in [0.2, 0.25) is 0 Å². The molecule has 0 N–H and O–H groups in total. The monoisotopic (exact) mass is 353 g/mol. The lowest BCUT2D eigenvalue weighted by atomic mass is 9.96. The van der Waals surface area contributed by atoms with Gasteiger partial charge in [0.05, 0.1) is 11.7 Å². The molecule has 0 fully saturated rings. The second kappa shape index (κ2) is 7.42. The van der Waals surface area contributed by atoms with Gasteiger partial charge in [-0.1, -0.05) is 78.9 Å². The molecule has 0 aromatic heterocycles.